The van der Waals surface area contributed by atoms with Crippen LogP contribution < -0.4 is 14.2 Å². The molecule has 0 radical (unpaired) electrons. The molecule has 1 aliphatic rings. The van der Waals surface area contributed by atoms with E-state index in [2.05, 4.69) is 39.8 Å². The maximum atomic E-state index is 11.4. The first-order chi connectivity index (χ1) is 21.3. The quantitative estimate of drug-likeness (QED) is 0.0688. The number of ether oxygens (including phenoxy) is 1. The molecule has 6 rings (SSSR count). The Labute approximate surface area is 262 Å². The number of unbranched alkanes of at least 4 members (excludes halogenated alkanes) is 1. The highest BCUT2D eigenvalue weighted by molar-refractivity contribution is 7.85. The van der Waals surface area contributed by atoms with Crippen LogP contribution >= 0.6 is 11.3 Å². The van der Waals surface area contributed by atoms with Crippen LogP contribution in [0.5, 0.6) is 5.75 Å². The van der Waals surface area contributed by atoms with E-state index in [0.717, 1.165) is 42.8 Å². The van der Waals surface area contributed by atoms with Gasteiger partial charge < -0.3 is 9.64 Å². The fraction of sp³-hybridized carbons (Fsp3) is 0.219. The van der Waals surface area contributed by atoms with Gasteiger partial charge in [0.15, 0.2) is 12.3 Å². The van der Waals surface area contributed by atoms with Crippen molar-refractivity contribution in [2.75, 3.05) is 23.8 Å². The number of fused-ring (bicyclic) bond motifs is 4. The molecule has 1 aromatic heterocycles. The number of nitrogens with zero attached hydrogens (tertiary/aromatic N) is 2. The molecule has 0 aliphatic carbocycles. The van der Waals surface area contributed by atoms with Gasteiger partial charge in [-0.15, -0.1) is 0 Å². The summed E-state index contributed by atoms with van der Waals surface area (Å²) in [4.78, 5) is 2.05. The van der Waals surface area contributed by atoms with Crippen LogP contribution in [0.2, 0.25) is 0 Å². The Morgan fingerprint density at radius 2 is 1.75 bits per heavy atom. The van der Waals surface area contributed by atoms with Gasteiger partial charge in [-0.25, -0.2) is 0 Å². The zero-order chi connectivity index (χ0) is 30.7. The number of anilines is 1. The monoisotopic (exact) mass is 651 g/mol. The first kappa shape index (κ1) is 30.4. The maximum Gasteiger partial charge on any atom is 0.301 e. The zero-order valence-electron chi connectivity index (χ0n) is 23.7. The lowest BCUT2D eigenvalue weighted by atomic mass is 10.0. The second-order valence-corrected chi connectivity index (χ2v) is 13.7. The average molecular weight is 652 g/mol. The number of hydrogen-bond acceptors (Lipinski definition) is 7. The molecule has 0 saturated heterocycles. The molecule has 1 aliphatic heterocycles. The van der Waals surface area contributed by atoms with Crippen molar-refractivity contribution < 1.29 is 35.2 Å². The second-order valence-electron chi connectivity index (χ2n) is 10.4. The SMILES string of the molecule is O=S(O)OCCC[n+]1c(C=C2Oc3ccc(-c4ccccc4)cc3N2CCCCS(=O)(=O)O)sc2ccc3ccccc3c21. The number of benzene rings is 4. The third kappa shape index (κ3) is 6.85. The van der Waals surface area contributed by atoms with E-state index in [9.17, 15) is 17.2 Å². The first-order valence-electron chi connectivity index (χ1n) is 14.2. The zero-order valence-corrected chi connectivity index (χ0v) is 26.1. The standard InChI is InChI=1S/C32H30N2O7S3/c35-43(36)40-19-8-18-34-31(42-29-16-14-24-11-4-5-12-26(24)32(29)34)22-30-33(17-6-7-20-44(37,38)39)27-21-25(13-15-28(27)41-30)23-9-2-1-3-10-23/h1-5,9-16,21-22H,6-8,17-20H2,(H-,35,36,37,38,39)/p+1. The predicted molar refractivity (Wildman–Crippen MR) is 174 cm³/mol. The highest BCUT2D eigenvalue weighted by Gasteiger charge is 2.30. The molecule has 1 atom stereocenters. The largest absolute Gasteiger partial charge is 0.438 e. The highest BCUT2D eigenvalue weighted by atomic mass is 32.2. The molecule has 0 bridgehead atoms. The summed E-state index contributed by atoms with van der Waals surface area (Å²) in [6.45, 7) is 1.15. The molecule has 0 fully saturated rings. The number of aryl methyl sites for hydroxylation is 1. The third-order valence-electron chi connectivity index (χ3n) is 7.44. The van der Waals surface area contributed by atoms with Gasteiger partial charge in [0, 0.05) is 13.0 Å². The van der Waals surface area contributed by atoms with Gasteiger partial charge in [0.25, 0.3) is 15.1 Å². The van der Waals surface area contributed by atoms with Crippen molar-refractivity contribution in [3.05, 3.63) is 95.8 Å². The van der Waals surface area contributed by atoms with Gasteiger partial charge in [0.1, 0.15) is 4.70 Å². The summed E-state index contributed by atoms with van der Waals surface area (Å²) < 4.78 is 66.7. The molecule has 2 N–H and O–H groups in total. The van der Waals surface area contributed by atoms with E-state index in [1.807, 2.05) is 60.7 Å². The number of aromatic nitrogens is 1. The summed E-state index contributed by atoms with van der Waals surface area (Å²) >= 11 is -0.705. The summed E-state index contributed by atoms with van der Waals surface area (Å²) in [5.41, 5.74) is 4.04. The molecule has 9 nitrogen and oxygen atoms in total. The summed E-state index contributed by atoms with van der Waals surface area (Å²) in [6, 6.07) is 28.5. The molecule has 0 spiro atoms. The van der Waals surface area contributed by atoms with Crippen LogP contribution in [0.25, 0.3) is 38.2 Å². The van der Waals surface area contributed by atoms with Gasteiger partial charge in [-0.05, 0) is 53.6 Å². The molecule has 0 saturated carbocycles. The fourth-order valence-electron chi connectivity index (χ4n) is 5.47. The normalized spacial score (nSPS) is 14.8. The summed E-state index contributed by atoms with van der Waals surface area (Å²) in [5, 5.41) is 3.13. The molecular weight excluding hydrogens is 621 g/mol. The van der Waals surface area contributed by atoms with Crippen molar-refractivity contribution >= 4 is 65.6 Å². The molecule has 5 aromatic rings. The Morgan fingerprint density at radius 3 is 2.55 bits per heavy atom. The minimum atomic E-state index is -4.05. The smallest absolute Gasteiger partial charge is 0.301 e. The van der Waals surface area contributed by atoms with Crippen molar-refractivity contribution in [1.29, 1.82) is 0 Å². The van der Waals surface area contributed by atoms with Crippen LogP contribution in [0.3, 0.4) is 0 Å². The molecule has 44 heavy (non-hydrogen) atoms. The van der Waals surface area contributed by atoms with E-state index in [-0.39, 0.29) is 12.4 Å². The van der Waals surface area contributed by atoms with Crippen molar-refractivity contribution in [1.82, 2.24) is 0 Å². The predicted octanol–water partition coefficient (Wildman–Crippen LogP) is 6.42. The number of thiazole rings is 1. The van der Waals surface area contributed by atoms with Crippen molar-refractivity contribution in [3.8, 4) is 16.9 Å². The van der Waals surface area contributed by atoms with Crippen LogP contribution in [0.1, 0.15) is 24.3 Å². The molecule has 1 unspecified atom stereocenters. The van der Waals surface area contributed by atoms with Gasteiger partial charge in [-0.3, -0.25) is 13.3 Å². The van der Waals surface area contributed by atoms with E-state index in [1.165, 1.54) is 0 Å². The van der Waals surface area contributed by atoms with Crippen LogP contribution in [-0.2, 0) is 32.2 Å². The molecule has 0 amide bonds. The van der Waals surface area contributed by atoms with Gasteiger partial charge in [0.05, 0.1) is 29.5 Å². The minimum absolute atomic E-state index is 0.123. The van der Waals surface area contributed by atoms with E-state index in [0.29, 0.717) is 44.0 Å². The third-order valence-corrected chi connectivity index (χ3v) is 9.71. The Hall–Kier alpha value is -3.65. The highest BCUT2D eigenvalue weighted by Crippen LogP contribution is 2.42. The van der Waals surface area contributed by atoms with Crippen LogP contribution in [0, 0.1) is 0 Å². The van der Waals surface area contributed by atoms with Gasteiger partial charge >= 0.3 is 11.4 Å². The van der Waals surface area contributed by atoms with E-state index in [1.54, 1.807) is 11.3 Å². The van der Waals surface area contributed by atoms with Crippen LogP contribution in [0.4, 0.5) is 5.69 Å². The molecular formula is C32H31N2O7S3+. The molecule has 2 heterocycles. The maximum absolute atomic E-state index is 11.4. The summed E-state index contributed by atoms with van der Waals surface area (Å²) in [5.74, 6) is 0.999. The van der Waals surface area contributed by atoms with E-state index in [4.69, 9.17) is 13.5 Å². The Kier molecular flexibility index (Phi) is 9.08. The van der Waals surface area contributed by atoms with Crippen molar-refractivity contribution in [2.45, 2.75) is 25.8 Å². The summed E-state index contributed by atoms with van der Waals surface area (Å²) in [6.07, 6.45) is 3.33. The molecule has 4 aromatic carbocycles. The van der Waals surface area contributed by atoms with Gasteiger partial charge in [-0.2, -0.15) is 17.2 Å². The van der Waals surface area contributed by atoms with Gasteiger partial charge in [0.2, 0.25) is 11.4 Å². The Morgan fingerprint density at radius 1 is 0.955 bits per heavy atom. The fourth-order valence-corrected chi connectivity index (χ4v) is 7.43. The minimum Gasteiger partial charge on any atom is -0.438 e. The van der Waals surface area contributed by atoms with Crippen LogP contribution in [0.15, 0.2) is 90.8 Å². The van der Waals surface area contributed by atoms with Crippen molar-refractivity contribution in [2.24, 2.45) is 0 Å². The second kappa shape index (κ2) is 13.1. The lowest BCUT2D eigenvalue weighted by Gasteiger charge is -2.18. The Bertz CT molecular complexity index is 1970. The van der Waals surface area contributed by atoms with Crippen molar-refractivity contribution in [3.63, 3.8) is 0 Å². The Balaban J connectivity index is 1.41. The first-order valence-corrected chi connectivity index (χ1v) is 17.6. The van der Waals surface area contributed by atoms with Gasteiger partial charge in [-0.1, -0.05) is 72.0 Å². The van der Waals surface area contributed by atoms with E-state index < -0.39 is 21.5 Å². The average Bonchev–Trinajstić information content (AvgIpc) is 3.54. The summed E-state index contributed by atoms with van der Waals surface area (Å²) in [7, 11) is -4.05. The molecule has 12 heteroatoms. The molecule has 228 valence electrons. The number of rotatable bonds is 12. The van der Waals surface area contributed by atoms with E-state index >= 15 is 0 Å². The number of hydrogen-bond donors (Lipinski definition) is 2. The van der Waals surface area contributed by atoms with Crippen LogP contribution in [-0.4, -0.2) is 40.6 Å². The lowest BCUT2D eigenvalue weighted by Crippen LogP contribution is -2.36. The topological polar surface area (TPSA) is 117 Å². The lowest BCUT2D eigenvalue weighted by molar-refractivity contribution is -0.668.